The SMILES string of the molecule is C=C(C[NH3+])C(=O)O. The molecule has 7 heavy (non-hydrogen) atoms. The lowest BCUT2D eigenvalue weighted by molar-refractivity contribution is -0.355. The predicted molar refractivity (Wildman–Crippen MR) is 24.5 cm³/mol. The Labute approximate surface area is 41.4 Å². The van der Waals surface area contributed by atoms with Gasteiger partial charge in [-0.25, -0.2) is 4.79 Å². The molecule has 0 unspecified atom stereocenters. The van der Waals surface area contributed by atoms with E-state index in [4.69, 9.17) is 5.11 Å². The van der Waals surface area contributed by atoms with Crippen LogP contribution in [-0.2, 0) is 4.79 Å². The van der Waals surface area contributed by atoms with Crippen LogP contribution >= 0.6 is 0 Å². The molecule has 0 spiro atoms. The van der Waals surface area contributed by atoms with Gasteiger partial charge in [0.1, 0.15) is 6.54 Å². The van der Waals surface area contributed by atoms with Gasteiger partial charge in [-0.3, -0.25) is 0 Å². The van der Waals surface area contributed by atoms with Crippen molar-refractivity contribution in [2.24, 2.45) is 0 Å². The van der Waals surface area contributed by atoms with Gasteiger partial charge in [-0.2, -0.15) is 0 Å². The molecular formula is C4H8NO2+. The van der Waals surface area contributed by atoms with E-state index < -0.39 is 5.97 Å². The summed E-state index contributed by atoms with van der Waals surface area (Å²) in [5.74, 6) is -0.963. The molecule has 0 fully saturated rings. The van der Waals surface area contributed by atoms with Crippen LogP contribution in [0, 0.1) is 0 Å². The van der Waals surface area contributed by atoms with Crippen LogP contribution in [0.4, 0.5) is 0 Å². The summed E-state index contributed by atoms with van der Waals surface area (Å²) in [6, 6.07) is 0. The van der Waals surface area contributed by atoms with Gasteiger partial charge in [-0.1, -0.05) is 6.58 Å². The van der Waals surface area contributed by atoms with Gasteiger partial charge in [-0.15, -0.1) is 0 Å². The fraction of sp³-hybridized carbons (Fsp3) is 0.250. The number of aliphatic carboxylic acids is 1. The number of quaternary nitrogens is 1. The van der Waals surface area contributed by atoms with E-state index in [1.165, 1.54) is 0 Å². The third-order valence-corrected chi connectivity index (χ3v) is 0.604. The molecule has 0 aromatic carbocycles. The molecule has 0 saturated heterocycles. The van der Waals surface area contributed by atoms with E-state index in [0.717, 1.165) is 0 Å². The standard InChI is InChI=1S/C4H7NO2/c1-3(2-5)4(6)7/h1-2,5H2,(H,6,7)/p+1. The van der Waals surface area contributed by atoms with Crippen molar-refractivity contribution in [1.82, 2.24) is 0 Å². The summed E-state index contributed by atoms with van der Waals surface area (Å²) in [5.41, 5.74) is 3.48. The zero-order valence-electron chi connectivity index (χ0n) is 3.98. The van der Waals surface area contributed by atoms with E-state index in [-0.39, 0.29) is 12.1 Å². The highest BCUT2D eigenvalue weighted by molar-refractivity contribution is 5.85. The first kappa shape index (κ1) is 6.17. The number of hydrogen-bond acceptors (Lipinski definition) is 1. The van der Waals surface area contributed by atoms with Crippen LogP contribution in [0.15, 0.2) is 12.2 Å². The van der Waals surface area contributed by atoms with Crippen molar-refractivity contribution in [1.29, 1.82) is 0 Å². The minimum atomic E-state index is -0.963. The summed E-state index contributed by atoms with van der Waals surface area (Å²) >= 11 is 0. The lowest BCUT2D eigenvalue weighted by Crippen LogP contribution is -2.51. The molecule has 0 aliphatic rings. The summed E-state index contributed by atoms with van der Waals surface area (Å²) in [4.78, 5) is 9.79. The number of carbonyl (C=O) groups is 1. The molecule has 3 nitrogen and oxygen atoms in total. The fourth-order valence-corrected chi connectivity index (χ4v) is 0.107. The first-order valence-corrected chi connectivity index (χ1v) is 1.88. The van der Waals surface area contributed by atoms with Gasteiger partial charge in [0, 0.05) is 0 Å². The van der Waals surface area contributed by atoms with Crippen molar-refractivity contribution in [2.75, 3.05) is 6.54 Å². The van der Waals surface area contributed by atoms with E-state index in [0.29, 0.717) is 0 Å². The molecule has 0 aliphatic heterocycles. The molecule has 3 heteroatoms. The van der Waals surface area contributed by atoms with Crippen molar-refractivity contribution < 1.29 is 15.6 Å². The topological polar surface area (TPSA) is 64.9 Å². The van der Waals surface area contributed by atoms with Gasteiger partial charge < -0.3 is 10.8 Å². The number of carboxylic acids is 1. The summed E-state index contributed by atoms with van der Waals surface area (Å²) in [6.07, 6.45) is 0. The third-order valence-electron chi connectivity index (χ3n) is 0.604. The van der Waals surface area contributed by atoms with Crippen molar-refractivity contribution in [3.8, 4) is 0 Å². The van der Waals surface area contributed by atoms with Gasteiger partial charge in [0.2, 0.25) is 0 Å². The van der Waals surface area contributed by atoms with Gasteiger partial charge in [0.25, 0.3) is 0 Å². The first-order chi connectivity index (χ1) is 3.18. The monoisotopic (exact) mass is 102 g/mol. The highest BCUT2D eigenvalue weighted by atomic mass is 16.4. The molecule has 0 aromatic heterocycles. The van der Waals surface area contributed by atoms with E-state index in [2.05, 4.69) is 12.3 Å². The van der Waals surface area contributed by atoms with Gasteiger partial charge >= 0.3 is 5.97 Å². The maximum Gasteiger partial charge on any atom is 0.336 e. The summed E-state index contributed by atoms with van der Waals surface area (Å²) in [6.45, 7) is 3.48. The Bertz CT molecular complexity index is 97.9. The Morgan fingerprint density at radius 2 is 2.29 bits per heavy atom. The Hall–Kier alpha value is -0.830. The van der Waals surface area contributed by atoms with Crippen LogP contribution in [0.3, 0.4) is 0 Å². The van der Waals surface area contributed by atoms with E-state index in [9.17, 15) is 4.79 Å². The molecule has 0 heterocycles. The molecule has 0 amide bonds. The van der Waals surface area contributed by atoms with Gasteiger partial charge in [-0.05, 0) is 0 Å². The average Bonchev–Trinajstić information content (AvgIpc) is 1.65. The summed E-state index contributed by atoms with van der Waals surface area (Å²) < 4.78 is 0. The fourth-order valence-electron chi connectivity index (χ4n) is 0.107. The Kier molecular flexibility index (Phi) is 2.08. The van der Waals surface area contributed by atoms with E-state index in [1.807, 2.05) is 0 Å². The van der Waals surface area contributed by atoms with Crippen LogP contribution in [-0.4, -0.2) is 17.6 Å². The number of hydrogen-bond donors (Lipinski definition) is 2. The largest absolute Gasteiger partial charge is 0.478 e. The van der Waals surface area contributed by atoms with Gasteiger partial charge in [0.05, 0.1) is 5.57 Å². The average molecular weight is 102 g/mol. The molecule has 40 valence electrons. The quantitative estimate of drug-likeness (QED) is 0.433. The molecule has 0 radical (unpaired) electrons. The maximum atomic E-state index is 9.79. The minimum absolute atomic E-state index is 0.153. The van der Waals surface area contributed by atoms with Gasteiger partial charge in [0.15, 0.2) is 0 Å². The molecule has 0 atom stereocenters. The maximum absolute atomic E-state index is 9.79. The molecule has 0 aliphatic carbocycles. The molecule has 0 bridgehead atoms. The second-order valence-electron chi connectivity index (χ2n) is 1.16. The van der Waals surface area contributed by atoms with Crippen molar-refractivity contribution in [3.63, 3.8) is 0 Å². The van der Waals surface area contributed by atoms with Crippen LogP contribution in [0.5, 0.6) is 0 Å². The third kappa shape index (κ3) is 1.94. The zero-order chi connectivity index (χ0) is 5.86. The lowest BCUT2D eigenvalue weighted by atomic mass is 10.3. The molecule has 0 saturated carbocycles. The van der Waals surface area contributed by atoms with Crippen molar-refractivity contribution in [2.45, 2.75) is 0 Å². The van der Waals surface area contributed by atoms with Crippen LogP contribution < -0.4 is 5.73 Å². The second kappa shape index (κ2) is 2.36. The lowest BCUT2D eigenvalue weighted by Gasteiger charge is -1.85. The molecule has 0 rings (SSSR count). The molecule has 0 aromatic rings. The normalized spacial score (nSPS) is 8.14. The van der Waals surface area contributed by atoms with E-state index >= 15 is 0 Å². The number of carboxylic acid groups (broad SMARTS) is 1. The van der Waals surface area contributed by atoms with Crippen LogP contribution in [0.25, 0.3) is 0 Å². The minimum Gasteiger partial charge on any atom is -0.478 e. The highest BCUT2D eigenvalue weighted by Crippen LogP contribution is 1.79. The van der Waals surface area contributed by atoms with Crippen molar-refractivity contribution in [3.05, 3.63) is 12.2 Å². The number of rotatable bonds is 2. The van der Waals surface area contributed by atoms with Crippen LogP contribution in [0.1, 0.15) is 0 Å². The Morgan fingerprint density at radius 3 is 2.29 bits per heavy atom. The molecular weight excluding hydrogens is 94.0 g/mol. The highest BCUT2D eigenvalue weighted by Gasteiger charge is 1.99. The smallest absolute Gasteiger partial charge is 0.336 e. The van der Waals surface area contributed by atoms with Crippen LogP contribution in [0.2, 0.25) is 0 Å². The Morgan fingerprint density at radius 1 is 1.86 bits per heavy atom. The summed E-state index contributed by atoms with van der Waals surface area (Å²) in [5, 5.41) is 8.04. The molecule has 4 N–H and O–H groups in total. The summed E-state index contributed by atoms with van der Waals surface area (Å²) in [7, 11) is 0. The van der Waals surface area contributed by atoms with Crippen molar-refractivity contribution >= 4 is 5.97 Å². The second-order valence-corrected chi connectivity index (χ2v) is 1.16. The zero-order valence-corrected chi connectivity index (χ0v) is 3.98. The van der Waals surface area contributed by atoms with E-state index in [1.54, 1.807) is 0 Å². The first-order valence-electron chi connectivity index (χ1n) is 1.88. The predicted octanol–water partition coefficient (Wildman–Crippen LogP) is -1.13. The Balaban J connectivity index is 3.58.